The molecular weight excluding hydrogens is 407 g/mol. The number of rotatable bonds is 4. The van der Waals surface area contributed by atoms with Crippen LogP contribution in [-0.4, -0.2) is 20.6 Å². The molecule has 104 valence electrons. The third-order valence-electron chi connectivity index (χ3n) is 2.63. The Morgan fingerprint density at radius 3 is 2.84 bits per heavy atom. The van der Waals surface area contributed by atoms with Crippen molar-refractivity contribution in [2.24, 2.45) is 0 Å². The Bertz CT molecular complexity index is 602. The summed E-state index contributed by atoms with van der Waals surface area (Å²) in [4.78, 5) is 0. The highest BCUT2D eigenvalue weighted by molar-refractivity contribution is 14.2. The van der Waals surface area contributed by atoms with Gasteiger partial charge in [-0.05, 0) is 41.1 Å². The zero-order chi connectivity index (χ0) is 14.2. The summed E-state index contributed by atoms with van der Waals surface area (Å²) in [5.41, 5.74) is 0.958. The summed E-state index contributed by atoms with van der Waals surface area (Å²) in [5, 5.41) is 15.1. The fourth-order valence-corrected chi connectivity index (χ4v) is 3.68. The predicted molar refractivity (Wildman–Crippen MR) is 82.7 cm³/mol. The van der Waals surface area contributed by atoms with Crippen molar-refractivity contribution in [3.8, 4) is 0 Å². The zero-order valence-electron chi connectivity index (χ0n) is 9.87. The van der Waals surface area contributed by atoms with Crippen LogP contribution < -0.4 is 0 Å². The van der Waals surface area contributed by atoms with E-state index in [1.807, 2.05) is 0 Å². The van der Waals surface area contributed by atoms with E-state index in [9.17, 15) is 13.9 Å². The molecular formula is C11H11ClF2IN2OP. The number of halogens is 4. The Balaban J connectivity index is 2.54. The highest BCUT2D eigenvalue weighted by Gasteiger charge is 2.30. The number of fused-ring (bicyclic) bond motifs is 1. The number of alkyl halides is 2. The molecule has 0 fully saturated rings. The molecule has 19 heavy (non-hydrogen) atoms. The first-order valence-electron chi connectivity index (χ1n) is 5.43. The first kappa shape index (κ1) is 15.4. The molecule has 3 nitrogen and oxygen atoms in total. The maximum absolute atomic E-state index is 13.0. The van der Waals surface area contributed by atoms with Crippen molar-refractivity contribution in [3.63, 3.8) is 0 Å². The Morgan fingerprint density at radius 1 is 1.58 bits per heavy atom. The normalized spacial score (nSPS) is 14.6. The van der Waals surface area contributed by atoms with Crippen LogP contribution in [0.4, 0.5) is 8.78 Å². The zero-order valence-corrected chi connectivity index (χ0v) is 13.8. The van der Waals surface area contributed by atoms with Gasteiger partial charge in [0.05, 0.1) is 16.9 Å². The highest BCUT2D eigenvalue weighted by atomic mass is 127. The molecule has 1 N–H and O–H groups in total. The maximum Gasteiger partial charge on any atom is 0.248 e. The number of aromatic nitrogens is 2. The molecule has 0 aliphatic heterocycles. The third-order valence-corrected chi connectivity index (χ3v) is 4.82. The fourth-order valence-electron chi connectivity index (χ4n) is 1.89. The van der Waals surface area contributed by atoms with Gasteiger partial charge in [-0.1, -0.05) is 17.7 Å². The van der Waals surface area contributed by atoms with Crippen molar-refractivity contribution in [2.45, 2.75) is 25.4 Å². The quantitative estimate of drug-likeness (QED) is 0.584. The van der Waals surface area contributed by atoms with Crippen molar-refractivity contribution >= 4 is 50.9 Å². The summed E-state index contributed by atoms with van der Waals surface area (Å²) >= 11 is 8.23. The standard InChI is InChI=1S/C11H11ClF2IN2OP/c1-11(13,14)5-8(18)10-9-6(12)3-2-4-7(9)17(16-10)19-15/h2-4,8,18-19H,5H2,1H3. The second-order valence-electron chi connectivity index (χ2n) is 4.31. The van der Waals surface area contributed by atoms with E-state index in [2.05, 4.69) is 27.1 Å². The van der Waals surface area contributed by atoms with E-state index in [-0.39, 0.29) is 5.69 Å². The first-order chi connectivity index (χ1) is 8.83. The van der Waals surface area contributed by atoms with Crippen molar-refractivity contribution in [1.29, 1.82) is 0 Å². The van der Waals surface area contributed by atoms with Gasteiger partial charge in [0.15, 0.2) is 0 Å². The van der Waals surface area contributed by atoms with Gasteiger partial charge in [-0.25, -0.2) is 13.2 Å². The molecule has 2 atom stereocenters. The monoisotopic (exact) mass is 418 g/mol. The van der Waals surface area contributed by atoms with Crippen LogP contribution in [0.25, 0.3) is 10.9 Å². The topological polar surface area (TPSA) is 38.1 Å². The van der Waals surface area contributed by atoms with Gasteiger partial charge in [0.2, 0.25) is 5.92 Å². The van der Waals surface area contributed by atoms with E-state index in [1.165, 1.54) is 0 Å². The van der Waals surface area contributed by atoms with Gasteiger partial charge < -0.3 is 5.11 Å². The molecule has 8 heteroatoms. The van der Waals surface area contributed by atoms with E-state index in [0.717, 1.165) is 12.4 Å². The van der Waals surface area contributed by atoms with Crippen molar-refractivity contribution in [1.82, 2.24) is 9.55 Å². The molecule has 1 heterocycles. The lowest BCUT2D eigenvalue weighted by molar-refractivity contribution is -0.0291. The molecule has 0 spiro atoms. The van der Waals surface area contributed by atoms with E-state index >= 15 is 0 Å². The number of nitrogens with zero attached hydrogens (tertiary/aromatic N) is 2. The van der Waals surface area contributed by atoms with Crippen LogP contribution in [-0.2, 0) is 0 Å². The minimum atomic E-state index is -2.95. The smallest absolute Gasteiger partial charge is 0.248 e. The fraction of sp³-hybridized carbons (Fsp3) is 0.364. The Hall–Kier alpha value is -0.0400. The van der Waals surface area contributed by atoms with Crippen molar-refractivity contribution in [3.05, 3.63) is 28.9 Å². The third kappa shape index (κ3) is 3.35. The van der Waals surface area contributed by atoms with Gasteiger partial charge >= 0.3 is 0 Å². The van der Waals surface area contributed by atoms with E-state index in [4.69, 9.17) is 11.6 Å². The number of hydrogen-bond donors (Lipinski definition) is 1. The summed E-state index contributed by atoms with van der Waals surface area (Å²) in [6.45, 7) is 0.775. The summed E-state index contributed by atoms with van der Waals surface area (Å²) in [7, 11) is 0. The largest absolute Gasteiger partial charge is 0.386 e. The van der Waals surface area contributed by atoms with Gasteiger partial charge in [0.25, 0.3) is 0 Å². The van der Waals surface area contributed by atoms with Crippen molar-refractivity contribution < 1.29 is 13.9 Å². The van der Waals surface area contributed by atoms with E-state index in [1.54, 1.807) is 22.7 Å². The molecule has 0 radical (unpaired) electrons. The average Bonchev–Trinajstić information content (AvgIpc) is 2.67. The molecule has 0 saturated heterocycles. The predicted octanol–water partition coefficient (Wildman–Crippen LogP) is 4.56. The van der Waals surface area contributed by atoms with E-state index < -0.39 is 18.4 Å². The Kier molecular flexibility index (Phi) is 4.65. The number of benzene rings is 1. The van der Waals surface area contributed by atoms with Crippen LogP contribution in [0, 0.1) is 0 Å². The molecule has 0 bridgehead atoms. The lowest BCUT2D eigenvalue weighted by Gasteiger charge is -2.14. The lowest BCUT2D eigenvalue weighted by atomic mass is 10.1. The molecule has 0 saturated carbocycles. The van der Waals surface area contributed by atoms with Gasteiger partial charge in [-0.2, -0.15) is 5.10 Å². The van der Waals surface area contributed by atoms with Crippen LogP contribution >= 0.6 is 40.0 Å². The van der Waals surface area contributed by atoms with Crippen molar-refractivity contribution in [2.75, 3.05) is 0 Å². The lowest BCUT2D eigenvalue weighted by Crippen LogP contribution is -2.15. The van der Waals surface area contributed by atoms with Gasteiger partial charge in [0, 0.05) is 11.8 Å². The minimum Gasteiger partial charge on any atom is -0.386 e. The SMILES string of the molecule is CC(F)(F)CC(O)c1nn(PI)c2cccc(Cl)c12. The average molecular weight is 419 g/mol. The molecule has 0 aliphatic carbocycles. The summed E-state index contributed by atoms with van der Waals surface area (Å²) in [5.74, 6) is -2.95. The van der Waals surface area contributed by atoms with Gasteiger partial charge in [-0.3, -0.25) is 0 Å². The van der Waals surface area contributed by atoms with Crippen LogP contribution in [0.1, 0.15) is 25.1 Å². The van der Waals surface area contributed by atoms with E-state index in [0.29, 0.717) is 16.8 Å². The molecule has 2 rings (SSSR count). The molecule has 2 aromatic rings. The van der Waals surface area contributed by atoms with Gasteiger partial charge in [0.1, 0.15) is 11.8 Å². The number of aliphatic hydroxyl groups is 1. The molecule has 2 unspecified atom stereocenters. The highest BCUT2D eigenvalue weighted by Crippen LogP contribution is 2.38. The number of aliphatic hydroxyl groups excluding tert-OH is 1. The second kappa shape index (κ2) is 5.76. The van der Waals surface area contributed by atoms with Crippen LogP contribution in [0.2, 0.25) is 5.02 Å². The maximum atomic E-state index is 13.0. The first-order valence-corrected chi connectivity index (χ1v) is 9.87. The van der Waals surface area contributed by atoms with Gasteiger partial charge in [-0.15, -0.1) is 0 Å². The number of hydrogen-bond acceptors (Lipinski definition) is 2. The van der Waals surface area contributed by atoms with Crippen LogP contribution in [0.15, 0.2) is 18.2 Å². The van der Waals surface area contributed by atoms with Crippen LogP contribution in [0.3, 0.4) is 0 Å². The Labute approximate surface area is 128 Å². The molecule has 0 amide bonds. The molecule has 1 aromatic carbocycles. The summed E-state index contributed by atoms with van der Waals surface area (Å²) < 4.78 is 27.7. The molecule has 1 aromatic heterocycles. The summed E-state index contributed by atoms with van der Waals surface area (Å²) in [6.07, 6.45) is -1.71. The Morgan fingerprint density at radius 2 is 2.26 bits per heavy atom. The van der Waals surface area contributed by atoms with Crippen LogP contribution in [0.5, 0.6) is 0 Å². The molecule has 0 aliphatic rings. The summed E-state index contributed by atoms with van der Waals surface area (Å²) in [6, 6.07) is 5.23. The minimum absolute atomic E-state index is 0.214. The second-order valence-corrected chi connectivity index (χ2v) is 6.75.